The van der Waals surface area contributed by atoms with Crippen LogP contribution in [0.15, 0.2) is 18.2 Å². The summed E-state index contributed by atoms with van der Waals surface area (Å²) in [6.07, 6.45) is 0. The molecule has 0 saturated heterocycles. The zero-order valence-corrected chi connectivity index (χ0v) is 9.82. The minimum atomic E-state index is -0.792. The van der Waals surface area contributed by atoms with E-state index in [2.05, 4.69) is 0 Å². The van der Waals surface area contributed by atoms with E-state index in [1.54, 1.807) is 6.07 Å². The van der Waals surface area contributed by atoms with E-state index in [0.717, 1.165) is 5.56 Å². The summed E-state index contributed by atoms with van der Waals surface area (Å²) < 4.78 is 0. The summed E-state index contributed by atoms with van der Waals surface area (Å²) in [5, 5.41) is 18.7. The van der Waals surface area contributed by atoms with Gasteiger partial charge < -0.3 is 10.2 Å². The van der Waals surface area contributed by atoms with Crippen LogP contribution >= 0.6 is 11.6 Å². The van der Waals surface area contributed by atoms with Crippen molar-refractivity contribution in [3.8, 4) is 5.75 Å². The minimum Gasteiger partial charge on any atom is -0.508 e. The van der Waals surface area contributed by atoms with E-state index in [1.165, 1.54) is 12.1 Å². The molecule has 2 rings (SSSR count). The third-order valence-corrected chi connectivity index (χ3v) is 3.74. The third-order valence-electron chi connectivity index (χ3n) is 3.41. The second-order valence-corrected chi connectivity index (χ2v) is 5.23. The lowest BCUT2D eigenvalue weighted by molar-refractivity contribution is -0.139. The highest BCUT2D eigenvalue weighted by Crippen LogP contribution is 2.65. The van der Waals surface area contributed by atoms with Gasteiger partial charge in [0.25, 0.3) is 0 Å². The molecule has 1 aliphatic carbocycles. The molecule has 0 unspecified atom stereocenters. The Morgan fingerprint density at radius 3 is 2.50 bits per heavy atom. The van der Waals surface area contributed by atoms with Crippen LogP contribution in [0.4, 0.5) is 0 Å². The van der Waals surface area contributed by atoms with Crippen LogP contribution in [0.5, 0.6) is 5.75 Å². The van der Waals surface area contributed by atoms with Crippen LogP contribution in [0, 0.1) is 11.3 Å². The summed E-state index contributed by atoms with van der Waals surface area (Å²) in [6.45, 7) is 3.83. The summed E-state index contributed by atoms with van der Waals surface area (Å²) >= 11 is 6.01. The lowest BCUT2D eigenvalue weighted by Gasteiger charge is -2.05. The van der Waals surface area contributed by atoms with E-state index in [9.17, 15) is 9.90 Å². The summed E-state index contributed by atoms with van der Waals surface area (Å²) in [6, 6.07) is 4.69. The van der Waals surface area contributed by atoms with Gasteiger partial charge in [0.2, 0.25) is 0 Å². The molecule has 1 aromatic carbocycles. The number of benzene rings is 1. The number of halogens is 1. The van der Waals surface area contributed by atoms with Crippen LogP contribution in [-0.2, 0) is 4.79 Å². The van der Waals surface area contributed by atoms with Crippen LogP contribution in [0.1, 0.15) is 25.3 Å². The van der Waals surface area contributed by atoms with Gasteiger partial charge in [-0.3, -0.25) is 4.79 Å². The number of hydrogen-bond donors (Lipinski definition) is 2. The molecule has 2 N–H and O–H groups in total. The summed E-state index contributed by atoms with van der Waals surface area (Å²) in [4.78, 5) is 11.0. The fourth-order valence-corrected chi connectivity index (χ4v) is 2.74. The van der Waals surface area contributed by atoms with Crippen molar-refractivity contribution in [2.45, 2.75) is 19.8 Å². The number of rotatable bonds is 2. The maximum Gasteiger partial charge on any atom is 0.307 e. The van der Waals surface area contributed by atoms with Gasteiger partial charge in [0.15, 0.2) is 0 Å². The van der Waals surface area contributed by atoms with Crippen molar-refractivity contribution in [2.75, 3.05) is 0 Å². The Hall–Kier alpha value is -1.22. The molecule has 2 atom stereocenters. The third kappa shape index (κ3) is 1.55. The maximum absolute atomic E-state index is 11.0. The van der Waals surface area contributed by atoms with Crippen LogP contribution < -0.4 is 0 Å². The normalized spacial score (nSPS) is 26.4. The summed E-state index contributed by atoms with van der Waals surface area (Å²) in [5.74, 6) is -1.16. The number of carbonyl (C=O) groups is 1. The predicted octanol–water partition coefficient (Wildman–Crippen LogP) is 2.87. The van der Waals surface area contributed by atoms with Crippen molar-refractivity contribution in [2.24, 2.45) is 11.3 Å². The zero-order valence-electron chi connectivity index (χ0n) is 9.07. The number of phenols is 1. The molecule has 1 aliphatic rings. The van der Waals surface area contributed by atoms with Gasteiger partial charge in [-0.1, -0.05) is 31.5 Å². The largest absolute Gasteiger partial charge is 0.508 e. The van der Waals surface area contributed by atoms with Crippen molar-refractivity contribution in [1.29, 1.82) is 0 Å². The molecule has 0 amide bonds. The first-order valence-corrected chi connectivity index (χ1v) is 5.44. The molecule has 0 aliphatic heterocycles. The highest BCUT2D eigenvalue weighted by Gasteiger charge is 2.63. The van der Waals surface area contributed by atoms with Crippen LogP contribution in [0.25, 0.3) is 0 Å². The first-order chi connectivity index (χ1) is 7.35. The maximum atomic E-state index is 11.0. The molecule has 4 heteroatoms. The number of carboxylic acids is 1. The van der Waals surface area contributed by atoms with Crippen molar-refractivity contribution < 1.29 is 15.0 Å². The Bertz CT molecular complexity index is 454. The van der Waals surface area contributed by atoms with Crippen molar-refractivity contribution in [3.05, 3.63) is 28.8 Å². The van der Waals surface area contributed by atoms with E-state index >= 15 is 0 Å². The number of aromatic hydroxyl groups is 1. The van der Waals surface area contributed by atoms with Gasteiger partial charge in [0.1, 0.15) is 5.75 Å². The Morgan fingerprint density at radius 2 is 2.06 bits per heavy atom. The number of hydrogen-bond acceptors (Lipinski definition) is 2. The molecule has 3 nitrogen and oxygen atoms in total. The molecule has 0 spiro atoms. The van der Waals surface area contributed by atoms with Gasteiger partial charge in [0.05, 0.1) is 5.92 Å². The van der Waals surface area contributed by atoms with Crippen molar-refractivity contribution in [3.63, 3.8) is 0 Å². The van der Waals surface area contributed by atoms with E-state index < -0.39 is 11.9 Å². The van der Waals surface area contributed by atoms with Crippen molar-refractivity contribution >= 4 is 17.6 Å². The molecule has 1 saturated carbocycles. The van der Waals surface area contributed by atoms with Crippen molar-refractivity contribution in [1.82, 2.24) is 0 Å². The highest BCUT2D eigenvalue weighted by atomic mass is 35.5. The second kappa shape index (κ2) is 3.39. The van der Waals surface area contributed by atoms with E-state index in [-0.39, 0.29) is 17.1 Å². The van der Waals surface area contributed by atoms with Crippen LogP contribution in [-0.4, -0.2) is 16.2 Å². The molecule has 86 valence electrons. The first-order valence-electron chi connectivity index (χ1n) is 5.07. The van der Waals surface area contributed by atoms with Crippen LogP contribution in [0.2, 0.25) is 5.02 Å². The number of aliphatic carboxylic acids is 1. The van der Waals surface area contributed by atoms with E-state index in [1.807, 2.05) is 13.8 Å². The number of phenolic OH excluding ortho intramolecular Hbond substituents is 1. The lowest BCUT2D eigenvalue weighted by atomic mass is 10.0. The quantitative estimate of drug-likeness (QED) is 0.836. The Kier molecular flexibility index (Phi) is 2.39. The molecular weight excluding hydrogens is 228 g/mol. The molecule has 0 radical (unpaired) electrons. The van der Waals surface area contributed by atoms with Gasteiger partial charge in [-0.15, -0.1) is 0 Å². The predicted molar refractivity (Wildman–Crippen MR) is 60.8 cm³/mol. The summed E-state index contributed by atoms with van der Waals surface area (Å²) in [5.41, 5.74) is 0.531. The monoisotopic (exact) mass is 240 g/mol. The first kappa shape index (κ1) is 11.3. The van der Waals surface area contributed by atoms with Gasteiger partial charge >= 0.3 is 5.97 Å². The van der Waals surface area contributed by atoms with Crippen LogP contribution in [0.3, 0.4) is 0 Å². The smallest absolute Gasteiger partial charge is 0.307 e. The average Bonchev–Trinajstić information content (AvgIpc) is 2.69. The lowest BCUT2D eigenvalue weighted by Crippen LogP contribution is -2.03. The molecular formula is C12H13ClO3. The van der Waals surface area contributed by atoms with Gasteiger partial charge in [-0.05, 0) is 23.1 Å². The molecule has 0 heterocycles. The highest BCUT2D eigenvalue weighted by molar-refractivity contribution is 6.31. The molecule has 0 bridgehead atoms. The Balaban J connectivity index is 2.37. The Morgan fingerprint density at radius 1 is 1.44 bits per heavy atom. The van der Waals surface area contributed by atoms with E-state index in [4.69, 9.17) is 16.7 Å². The minimum absolute atomic E-state index is 0.0712. The second-order valence-electron chi connectivity index (χ2n) is 4.82. The molecule has 16 heavy (non-hydrogen) atoms. The Labute approximate surface area is 98.7 Å². The molecule has 1 fully saturated rings. The standard InChI is InChI=1S/C12H13ClO3/c1-12(2)9(10(12)11(15)16)7-4-3-6(14)5-8(7)13/h3-5,9-10,14H,1-2H3,(H,15,16)/t9-,10+/m1/s1. The van der Waals surface area contributed by atoms with Gasteiger partial charge in [-0.25, -0.2) is 0 Å². The average molecular weight is 241 g/mol. The van der Waals surface area contributed by atoms with E-state index in [0.29, 0.717) is 5.02 Å². The topological polar surface area (TPSA) is 57.5 Å². The van der Waals surface area contributed by atoms with Gasteiger partial charge in [-0.2, -0.15) is 0 Å². The molecule has 0 aromatic heterocycles. The van der Waals surface area contributed by atoms with Gasteiger partial charge in [0, 0.05) is 10.9 Å². The SMILES string of the molecule is CC1(C)[C@H](C(=O)O)[C@H]1c1ccc(O)cc1Cl. The molecule has 1 aromatic rings. The number of carboxylic acid groups (broad SMARTS) is 1. The zero-order chi connectivity index (χ0) is 12.1. The summed E-state index contributed by atoms with van der Waals surface area (Å²) in [7, 11) is 0. The fourth-order valence-electron chi connectivity index (χ4n) is 2.45. The fraction of sp³-hybridized carbons (Fsp3) is 0.417.